The van der Waals surface area contributed by atoms with Gasteiger partial charge in [-0.25, -0.2) is 19.9 Å². The Bertz CT molecular complexity index is 4970. The largest absolute Gasteiger partial charge is 0.381 e. The van der Waals surface area contributed by atoms with Gasteiger partial charge in [0.1, 0.15) is 23.9 Å². The first kappa shape index (κ1) is 94.7. The molecule has 15 aliphatic heterocycles. The molecule has 5 aromatic rings. The number of anilines is 3. The van der Waals surface area contributed by atoms with Crippen LogP contribution in [0, 0.1) is 0 Å². The number of piperidine rings is 1. The zero-order chi connectivity index (χ0) is 88.7. The predicted octanol–water partition coefficient (Wildman–Crippen LogP) is 5.77. The van der Waals surface area contributed by atoms with Crippen molar-refractivity contribution in [3.8, 4) is 0 Å². The van der Waals surface area contributed by atoms with E-state index in [1.807, 2.05) is 78.9 Å². The van der Waals surface area contributed by atoms with Crippen molar-refractivity contribution in [3.63, 3.8) is 0 Å². The Labute approximate surface area is 711 Å². The summed E-state index contributed by atoms with van der Waals surface area (Å²) in [5.41, 5.74) is 17.6. The van der Waals surface area contributed by atoms with Crippen LogP contribution in [0.5, 0.6) is 0 Å². The first-order valence-electron chi connectivity index (χ1n) is 39.2. The van der Waals surface area contributed by atoms with Crippen LogP contribution in [0.4, 0.5) is 21.9 Å². The summed E-state index contributed by atoms with van der Waals surface area (Å²) in [5, 5.41) is 50.6. The molecule has 6 fully saturated rings. The highest BCUT2D eigenvalue weighted by Gasteiger charge is 2.31. The second-order valence-electron chi connectivity index (χ2n) is 27.6. The number of benzene rings is 4. The third-order valence-electron chi connectivity index (χ3n) is 17.6. The van der Waals surface area contributed by atoms with Crippen molar-refractivity contribution >= 4 is 117 Å². The van der Waals surface area contributed by atoms with E-state index in [2.05, 4.69) is 190 Å². The van der Waals surface area contributed by atoms with Gasteiger partial charge in [-0.05, 0) is 86.2 Å². The molecule has 1 aromatic heterocycles. The van der Waals surface area contributed by atoms with E-state index >= 15 is 0 Å². The van der Waals surface area contributed by atoms with Gasteiger partial charge in [-0.2, -0.15) is 5.10 Å². The lowest BCUT2D eigenvalue weighted by Crippen LogP contribution is -2.44. The number of aliphatic imine (C=N–C) groups is 4. The van der Waals surface area contributed by atoms with Crippen LogP contribution in [0.25, 0.3) is 10.8 Å². The molecule has 0 spiro atoms. The summed E-state index contributed by atoms with van der Waals surface area (Å²) < 4.78 is 0. The summed E-state index contributed by atoms with van der Waals surface area (Å²) in [5.74, 6) is 2.18. The van der Waals surface area contributed by atoms with Gasteiger partial charge in [-0.3, -0.25) is 72.9 Å². The number of nitrogens with zero attached hydrogens (tertiary/aromatic N) is 6. The molecule has 1 unspecified atom stereocenters. The van der Waals surface area contributed by atoms with Gasteiger partial charge in [0.2, 0.25) is 47.3 Å². The molecule has 1 atom stereocenters. The number of fused-ring (bicyclic) bond motifs is 5. The molecule has 0 saturated carbocycles. The number of Topliss-reactive ketones (excluding diaryl/α,β-unsaturated/α-hetero) is 1. The van der Waals surface area contributed by atoms with Crippen LogP contribution < -0.4 is 96.4 Å². The van der Waals surface area contributed by atoms with Gasteiger partial charge in [0, 0.05) is 158 Å². The Morgan fingerprint density at radius 1 is 0.512 bits per heavy atom. The van der Waals surface area contributed by atoms with E-state index in [0.717, 1.165) is 115 Å². The van der Waals surface area contributed by atoms with Crippen LogP contribution in [-0.4, -0.2) is 150 Å². The number of aromatic nitrogens is 2. The van der Waals surface area contributed by atoms with E-state index in [1.165, 1.54) is 35.7 Å². The van der Waals surface area contributed by atoms with Crippen molar-refractivity contribution in [1.82, 2.24) is 84.2 Å². The molecule has 4 aromatic carbocycles. The summed E-state index contributed by atoms with van der Waals surface area (Å²) in [6.07, 6.45) is 32.7. The summed E-state index contributed by atoms with van der Waals surface area (Å²) in [6, 6.07) is 30.7. The normalized spacial score (nSPS) is 18.5. The summed E-state index contributed by atoms with van der Waals surface area (Å²) in [6.45, 7) is 29.1. The Kier molecular flexibility index (Phi) is 39.8. The molecule has 6 saturated heterocycles. The molecule has 36 heteroatoms. The summed E-state index contributed by atoms with van der Waals surface area (Å²) in [7, 11) is 0. The highest BCUT2D eigenvalue weighted by molar-refractivity contribution is 6.02. The lowest BCUT2D eigenvalue weighted by Gasteiger charge is -2.27. The van der Waals surface area contributed by atoms with Gasteiger partial charge in [0.25, 0.3) is 11.5 Å². The van der Waals surface area contributed by atoms with Crippen molar-refractivity contribution in [2.24, 2.45) is 25.7 Å². The highest BCUT2D eigenvalue weighted by atomic mass is 16.2. The van der Waals surface area contributed by atoms with E-state index in [1.54, 1.807) is 61.8 Å². The molecule has 0 bridgehead atoms. The van der Waals surface area contributed by atoms with Crippen molar-refractivity contribution in [2.75, 3.05) is 55.3 Å². The number of rotatable bonds is 0. The van der Waals surface area contributed by atoms with Crippen molar-refractivity contribution in [2.45, 2.75) is 102 Å². The molecule has 16 heterocycles. The average Bonchev–Trinajstić information content (AvgIpc) is 1.80. The number of aromatic amines is 1. The van der Waals surface area contributed by atoms with Gasteiger partial charge in [-0.1, -0.05) is 131 Å². The molecule has 15 aliphatic rings. The van der Waals surface area contributed by atoms with E-state index in [9.17, 15) is 57.5 Å². The van der Waals surface area contributed by atoms with Crippen molar-refractivity contribution < 1.29 is 52.7 Å². The molecule has 644 valence electrons. The predicted molar refractivity (Wildman–Crippen MR) is 475 cm³/mol. The van der Waals surface area contributed by atoms with Crippen LogP contribution in [0.1, 0.15) is 100 Å². The minimum atomic E-state index is -0.490. The number of allylic oxidation sites excluding steroid dienone is 5. The molecular weight excluding hydrogens is 1570 g/mol. The van der Waals surface area contributed by atoms with Gasteiger partial charge in [-0.15, -0.1) is 0 Å². The van der Waals surface area contributed by atoms with E-state index in [4.69, 9.17) is 5.73 Å². The highest BCUT2D eigenvalue weighted by Crippen LogP contribution is 2.27. The maximum absolute atomic E-state index is 11.1. The maximum atomic E-state index is 11.1. The number of amides is 11. The number of hydrogen-bond acceptors (Lipinski definition) is 25. The van der Waals surface area contributed by atoms with Crippen molar-refractivity contribution in [3.05, 3.63) is 277 Å². The molecule has 20 rings (SSSR count). The van der Waals surface area contributed by atoms with Crippen LogP contribution in [0.3, 0.4) is 0 Å². The number of carbonyl (C=O) groups is 11. The molecule has 0 aliphatic carbocycles. The Morgan fingerprint density at radius 3 is 1.76 bits per heavy atom. The van der Waals surface area contributed by atoms with Crippen LogP contribution >= 0.6 is 0 Å². The lowest BCUT2D eigenvalue weighted by atomic mass is 10.0. The fourth-order valence-corrected chi connectivity index (χ4v) is 11.7. The molecule has 19 N–H and O–H groups in total. The van der Waals surface area contributed by atoms with Crippen LogP contribution in [0.2, 0.25) is 0 Å². The molecular formula is C87H104N24O12. The quantitative estimate of drug-likeness (QED) is 0.0874. The van der Waals surface area contributed by atoms with Gasteiger partial charge < -0.3 is 85.5 Å². The minimum absolute atomic E-state index is 0.0498. The number of ketones is 1. The van der Waals surface area contributed by atoms with Gasteiger partial charge in [0.05, 0.1) is 56.4 Å². The van der Waals surface area contributed by atoms with Crippen molar-refractivity contribution in [1.29, 1.82) is 0 Å². The molecule has 11 amide bonds. The first-order chi connectivity index (χ1) is 59.2. The Hall–Kier alpha value is -15.5. The van der Waals surface area contributed by atoms with Gasteiger partial charge in [0.15, 0.2) is 11.7 Å². The molecule has 0 radical (unpaired) electrons. The maximum Gasteiger partial charge on any atom is 0.325 e. The Morgan fingerprint density at radius 2 is 1.21 bits per heavy atom. The average molecular weight is 1680 g/mol. The summed E-state index contributed by atoms with van der Waals surface area (Å²) in [4.78, 5) is 145. The van der Waals surface area contributed by atoms with E-state index in [-0.39, 0.29) is 77.5 Å². The fourth-order valence-electron chi connectivity index (χ4n) is 11.7. The third kappa shape index (κ3) is 36.9. The second-order valence-corrected chi connectivity index (χ2v) is 27.6. The monoisotopic (exact) mass is 1680 g/mol. The first-order valence-corrected chi connectivity index (χ1v) is 39.2. The number of para-hydroxylation sites is 3. The number of benzodiazepines with no additional fused rings is 1. The number of guanidine groups is 1. The SMILES string of the molecule is C=C1CC(=O)CN1.C=C1CC(=O)NC(=O)N1.C=C1CC(=O)NCN1.C=C1Cc2ccccc2N1.C=C1N=CC=CN1.C=C1NC(N)=NC2=C1N=CC2.C=C1NC=CC(=O)N1.O=C1CC=CN1.O=C1CCC=CN1.O=C1CCCN1.O=C1CCc2ccccc2N1.O=C1CN2CCCCC2N1.O=C1CN=Cc2ccccc2N1.O=c1[nH]ncc2ccccc12. The third-order valence-corrected chi connectivity index (χ3v) is 17.6. The number of aryl methyl sites for hydroxylation is 1. The number of carbonyl (C=O) groups excluding carboxylic acids is 11. The number of imide groups is 1. The van der Waals surface area contributed by atoms with Crippen LogP contribution in [-0.2, 0) is 60.8 Å². The van der Waals surface area contributed by atoms with E-state index < -0.39 is 6.03 Å². The topological polar surface area (TPSA) is 505 Å². The number of H-pyrrole nitrogens is 1. The molecule has 123 heavy (non-hydrogen) atoms. The zero-order valence-corrected chi connectivity index (χ0v) is 68.2. The van der Waals surface area contributed by atoms with Gasteiger partial charge >= 0.3 is 6.03 Å². The standard InChI is InChI=1S/C9H8N2O.C9H9NO.C9H9N.C8H6N2O.C7H8N4.C7H12N2O.C5H6N2O2.C5H8N2O.C5H6N2O.C5H6N2.2C5H7NO.C4H7NO.C4H5NO/c12-9-6-10-5-7-3-1-2-4-8(7)11-9;11-9-6-5-7-3-1-2-4-8(7)10-9;1-7-6-8-4-2-3-5-9(8)10-7;11-8-7-4-2-1-3-6(7)5-9-10-8;1-4-6-5(2-3-9-6)11-7(8)10-4;10-7-5-9-4-2-1-3-6(9)8-7;1-3-2-4(8)7-5(9)6-3;1-4-2-5(8)7-3-6-4;1-4-6-3-2-5(8)7-4;1-5-6-3-2-4-7-5;1-4-2-5(7)3-6-4;7-5-3-1-2-4-6-5;2*6-4-2-1-3-5-4/h1-5H,6H2,(H,11,12);1-4H,5-6H2,(H,10,11);2-5,10H,1,6H2;1-5H,(H,10,11);3H,1-2H2,(H3,8,10,11);6H,1-5H2,(H,8,10);1-2H2,(H2,6,7,8,9);6H,1-3H2,(H,7,8);2-3,6H,1H2,(H,7,8);2-4,6H,1H2;6H,1-3H2;2,4H,1,3H2,(H,6,7);1-3H2,(H,5,6);1,3H,2H2,(H,5,6). The number of nitrogens with two attached hydrogens (primary N) is 1. The Balaban J connectivity index is 0.000000183. The lowest BCUT2D eigenvalue weighted by molar-refractivity contribution is -0.122. The second kappa shape index (κ2) is 51.7. The molecule has 36 nitrogen and oxygen atoms in total. The minimum Gasteiger partial charge on any atom is -0.381 e. The number of nitrogens with one attached hydrogen (secondary N) is 17. The van der Waals surface area contributed by atoms with Crippen LogP contribution in [0.15, 0.2) is 275 Å². The zero-order valence-electron chi connectivity index (χ0n) is 68.2. The smallest absolute Gasteiger partial charge is 0.325 e. The fraction of sp³-hybridized carbons (Fsp3) is 0.253. The number of urea groups is 1. The number of hydrogen-bond donors (Lipinski definition) is 18. The summed E-state index contributed by atoms with van der Waals surface area (Å²) >= 11 is 0. The van der Waals surface area contributed by atoms with E-state index in [0.29, 0.717) is 86.7 Å².